The average Bonchev–Trinajstić information content (AvgIpc) is 3.22. The Kier molecular flexibility index (Phi) is 8.18. The van der Waals surface area contributed by atoms with Crippen molar-refractivity contribution in [3.63, 3.8) is 0 Å². The third-order valence-electron chi connectivity index (χ3n) is 6.66. The highest BCUT2D eigenvalue weighted by Crippen LogP contribution is 2.37. The zero-order chi connectivity index (χ0) is 27.2. The summed E-state index contributed by atoms with van der Waals surface area (Å²) in [4.78, 5) is 0. The van der Waals surface area contributed by atoms with E-state index < -0.39 is 0 Å². The van der Waals surface area contributed by atoms with Crippen molar-refractivity contribution in [2.45, 2.75) is 40.0 Å². The van der Waals surface area contributed by atoms with Crippen LogP contribution >= 0.6 is 0 Å². The van der Waals surface area contributed by atoms with Gasteiger partial charge in [0, 0.05) is 17.4 Å². The molecule has 0 aliphatic heterocycles. The van der Waals surface area contributed by atoms with Crippen LogP contribution in [0.5, 0.6) is 17.2 Å². The highest BCUT2D eigenvalue weighted by Gasteiger charge is 2.17. The van der Waals surface area contributed by atoms with Crippen molar-refractivity contribution in [1.29, 1.82) is 0 Å². The number of hydrogen-bond acceptors (Lipinski definition) is 4. The smallest absolute Gasteiger partial charge is 0.120 e. The van der Waals surface area contributed by atoms with Gasteiger partial charge in [-0.15, -0.1) is 0 Å². The molecule has 0 saturated carbocycles. The molecular formula is C34H35NO4. The first-order valence-electron chi connectivity index (χ1n) is 13.4. The number of aliphatic hydroxyl groups is 1. The van der Waals surface area contributed by atoms with Gasteiger partial charge in [0.25, 0.3) is 0 Å². The number of aliphatic hydroxyl groups excluding tert-OH is 1. The minimum absolute atomic E-state index is 0.00219. The van der Waals surface area contributed by atoms with Crippen LogP contribution in [0.4, 0.5) is 0 Å². The molecule has 5 nitrogen and oxygen atoms in total. The molecule has 5 aromatic rings. The van der Waals surface area contributed by atoms with Crippen LogP contribution in [0, 0.1) is 6.92 Å². The van der Waals surface area contributed by atoms with E-state index in [4.69, 9.17) is 19.3 Å². The largest absolute Gasteiger partial charge is 0.491 e. The van der Waals surface area contributed by atoms with Crippen molar-refractivity contribution >= 4 is 10.9 Å². The molecule has 0 fully saturated rings. The van der Waals surface area contributed by atoms with Crippen molar-refractivity contribution in [2.75, 3.05) is 13.2 Å². The highest BCUT2D eigenvalue weighted by atomic mass is 16.5. The Morgan fingerprint density at radius 3 is 2.13 bits per heavy atom. The van der Waals surface area contributed by atoms with Crippen molar-refractivity contribution in [3.05, 3.63) is 114 Å². The molecule has 1 aromatic heterocycles. The van der Waals surface area contributed by atoms with Crippen LogP contribution in [0.1, 0.15) is 30.5 Å². The molecule has 0 aliphatic rings. The number of ether oxygens (including phenoxy) is 3. The number of aryl methyl sites for hydroxylation is 1. The molecule has 0 unspecified atom stereocenters. The van der Waals surface area contributed by atoms with Gasteiger partial charge < -0.3 is 23.9 Å². The van der Waals surface area contributed by atoms with E-state index in [0.717, 1.165) is 39.5 Å². The number of rotatable bonds is 11. The lowest BCUT2D eigenvalue weighted by molar-refractivity contribution is 0.201. The fraction of sp³-hybridized carbons (Fsp3) is 0.235. The first-order valence-corrected chi connectivity index (χ1v) is 13.4. The van der Waals surface area contributed by atoms with E-state index in [2.05, 4.69) is 66.1 Å². The Labute approximate surface area is 230 Å². The van der Waals surface area contributed by atoms with Crippen LogP contribution in [-0.2, 0) is 13.2 Å². The molecule has 0 bridgehead atoms. The molecule has 200 valence electrons. The normalized spacial score (nSPS) is 11.2. The molecule has 39 heavy (non-hydrogen) atoms. The molecule has 0 saturated heterocycles. The maximum atomic E-state index is 9.04. The number of nitrogens with zero attached hydrogens (tertiary/aromatic N) is 1. The maximum absolute atomic E-state index is 9.04. The summed E-state index contributed by atoms with van der Waals surface area (Å²) in [5, 5.41) is 10.2. The van der Waals surface area contributed by atoms with E-state index in [1.807, 2.05) is 56.3 Å². The molecule has 0 radical (unpaired) electrons. The second kappa shape index (κ2) is 12.1. The fourth-order valence-corrected chi connectivity index (χ4v) is 4.87. The summed E-state index contributed by atoms with van der Waals surface area (Å²) in [5.74, 6) is 2.47. The van der Waals surface area contributed by atoms with Gasteiger partial charge in [-0.3, -0.25) is 0 Å². The van der Waals surface area contributed by atoms with E-state index in [1.165, 1.54) is 16.6 Å². The Balaban J connectivity index is 1.51. The van der Waals surface area contributed by atoms with Gasteiger partial charge in [-0.2, -0.15) is 0 Å². The second-order valence-electron chi connectivity index (χ2n) is 9.92. The number of fused-ring (bicyclic) bond motifs is 1. The van der Waals surface area contributed by atoms with Crippen molar-refractivity contribution in [3.8, 4) is 28.5 Å². The zero-order valence-corrected chi connectivity index (χ0v) is 22.8. The molecule has 1 heterocycles. The lowest BCUT2D eigenvalue weighted by atomic mass is 10.1. The lowest BCUT2D eigenvalue weighted by Gasteiger charge is -2.14. The van der Waals surface area contributed by atoms with Crippen LogP contribution in [0.25, 0.3) is 22.2 Å². The van der Waals surface area contributed by atoms with E-state index in [-0.39, 0.29) is 19.3 Å². The van der Waals surface area contributed by atoms with Crippen LogP contribution in [-0.4, -0.2) is 29.0 Å². The summed E-state index contributed by atoms with van der Waals surface area (Å²) in [6.07, 6.45) is 0.127. The summed E-state index contributed by atoms with van der Waals surface area (Å²) < 4.78 is 20.0. The van der Waals surface area contributed by atoms with E-state index >= 15 is 0 Å². The van der Waals surface area contributed by atoms with Gasteiger partial charge in [-0.05, 0) is 97.6 Å². The Morgan fingerprint density at radius 1 is 0.744 bits per heavy atom. The molecule has 0 amide bonds. The third-order valence-corrected chi connectivity index (χ3v) is 6.66. The van der Waals surface area contributed by atoms with Gasteiger partial charge >= 0.3 is 0 Å². The minimum atomic E-state index is -0.00219. The first kappa shape index (κ1) is 26.4. The van der Waals surface area contributed by atoms with Gasteiger partial charge in [0.2, 0.25) is 0 Å². The Hall–Kier alpha value is -4.22. The van der Waals surface area contributed by atoms with Gasteiger partial charge in [0.05, 0.1) is 18.4 Å². The predicted octanol–water partition coefficient (Wildman–Crippen LogP) is 7.40. The van der Waals surface area contributed by atoms with Crippen LogP contribution in [0.15, 0.2) is 97.1 Å². The van der Waals surface area contributed by atoms with Crippen LogP contribution in [0.3, 0.4) is 0 Å². The van der Waals surface area contributed by atoms with Crippen molar-refractivity contribution in [1.82, 2.24) is 4.57 Å². The summed E-state index contributed by atoms with van der Waals surface area (Å²) in [6.45, 7) is 7.77. The number of benzene rings is 4. The van der Waals surface area contributed by atoms with Gasteiger partial charge in [0.15, 0.2) is 0 Å². The zero-order valence-electron chi connectivity index (χ0n) is 22.8. The molecule has 4 aromatic carbocycles. The lowest BCUT2D eigenvalue weighted by Crippen LogP contribution is -2.05. The Bertz CT molecular complexity index is 1500. The minimum Gasteiger partial charge on any atom is -0.491 e. The van der Waals surface area contributed by atoms with Crippen LogP contribution < -0.4 is 14.2 Å². The number of hydrogen-bond donors (Lipinski definition) is 1. The van der Waals surface area contributed by atoms with Crippen molar-refractivity contribution in [2.24, 2.45) is 0 Å². The standard InChI is InChI=1S/C34H35NO4/c1-24(2)39-30-15-11-28(12-16-30)34-25(3)32-21-31(38-23-27-7-5-4-6-8-27)17-18-33(32)35(34)22-26-9-13-29(14-10-26)37-20-19-36/h4-18,21,24,36H,19-20,22-23H2,1-3H3. The summed E-state index contributed by atoms with van der Waals surface area (Å²) >= 11 is 0. The van der Waals surface area contributed by atoms with Crippen molar-refractivity contribution < 1.29 is 19.3 Å². The molecular weight excluding hydrogens is 486 g/mol. The average molecular weight is 522 g/mol. The van der Waals surface area contributed by atoms with E-state index in [0.29, 0.717) is 13.2 Å². The predicted molar refractivity (Wildman–Crippen MR) is 157 cm³/mol. The second-order valence-corrected chi connectivity index (χ2v) is 9.92. The molecule has 5 rings (SSSR count). The molecule has 5 heteroatoms. The Morgan fingerprint density at radius 2 is 1.44 bits per heavy atom. The van der Waals surface area contributed by atoms with Crippen LogP contribution in [0.2, 0.25) is 0 Å². The van der Waals surface area contributed by atoms with Gasteiger partial charge in [-0.1, -0.05) is 42.5 Å². The SMILES string of the molecule is Cc1c(-c2ccc(OC(C)C)cc2)n(Cc2ccc(OCCO)cc2)c2ccc(OCc3ccccc3)cc12. The number of aromatic nitrogens is 1. The van der Waals surface area contributed by atoms with Gasteiger partial charge in [-0.25, -0.2) is 0 Å². The molecule has 0 spiro atoms. The molecule has 1 N–H and O–H groups in total. The first-order chi connectivity index (χ1) is 19.0. The van der Waals surface area contributed by atoms with E-state index in [9.17, 15) is 0 Å². The molecule has 0 atom stereocenters. The summed E-state index contributed by atoms with van der Waals surface area (Å²) in [5.41, 5.74) is 6.96. The monoisotopic (exact) mass is 521 g/mol. The molecule has 0 aliphatic carbocycles. The summed E-state index contributed by atoms with van der Waals surface area (Å²) in [7, 11) is 0. The summed E-state index contributed by atoms with van der Waals surface area (Å²) in [6, 6.07) is 33.0. The topological polar surface area (TPSA) is 52.9 Å². The highest BCUT2D eigenvalue weighted by molar-refractivity contribution is 5.92. The third kappa shape index (κ3) is 6.27. The van der Waals surface area contributed by atoms with Gasteiger partial charge in [0.1, 0.15) is 30.5 Å². The quantitative estimate of drug-likeness (QED) is 0.197. The maximum Gasteiger partial charge on any atom is 0.120 e. The fourth-order valence-electron chi connectivity index (χ4n) is 4.87. The van der Waals surface area contributed by atoms with E-state index in [1.54, 1.807) is 0 Å².